The molecule has 2 unspecified atom stereocenters. The molecule has 2 aromatic carbocycles. The molecule has 1 saturated heterocycles. The quantitative estimate of drug-likeness (QED) is 0.808. The van der Waals surface area contributed by atoms with E-state index in [2.05, 4.69) is 12.2 Å². The Hall–Kier alpha value is -1.76. The molecule has 0 bridgehead atoms. The van der Waals surface area contributed by atoms with Gasteiger partial charge in [-0.1, -0.05) is 30.7 Å². The number of rotatable bonds is 4. The van der Waals surface area contributed by atoms with Gasteiger partial charge in [0.15, 0.2) is 0 Å². The van der Waals surface area contributed by atoms with Gasteiger partial charge in [0, 0.05) is 22.5 Å². The minimum Gasteiger partial charge on any atom is -0.488 e. The normalized spacial score (nSPS) is 24.5. The predicted octanol–water partition coefficient (Wildman–Crippen LogP) is 3.26. The molecule has 0 radical (unpaired) electrons. The van der Waals surface area contributed by atoms with Crippen LogP contribution in [0.15, 0.2) is 42.5 Å². The SMILES string of the molecule is CC12CCNCC1Oc1ccc(OS(=O)(=O)Cc3cccc(Cl)c3)cc12. The Morgan fingerprint density at radius 1 is 1.31 bits per heavy atom. The highest BCUT2D eigenvalue weighted by Crippen LogP contribution is 2.47. The van der Waals surface area contributed by atoms with Crippen LogP contribution in [0.3, 0.4) is 0 Å². The average molecular weight is 394 g/mol. The highest BCUT2D eigenvalue weighted by Gasteiger charge is 2.46. The minimum absolute atomic E-state index is 0.0598. The average Bonchev–Trinajstić information content (AvgIpc) is 2.86. The monoisotopic (exact) mass is 393 g/mol. The third-order valence-corrected chi connectivity index (χ3v) is 6.52. The Kier molecular flexibility index (Phi) is 4.37. The molecular formula is C19H20ClNO4S. The van der Waals surface area contributed by atoms with Crippen LogP contribution in [-0.2, 0) is 21.3 Å². The maximum Gasteiger partial charge on any atom is 0.313 e. The third-order valence-electron chi connectivity index (χ3n) is 5.15. The summed E-state index contributed by atoms with van der Waals surface area (Å²) in [6.45, 7) is 3.86. The number of hydrogen-bond donors (Lipinski definition) is 1. The summed E-state index contributed by atoms with van der Waals surface area (Å²) in [6, 6.07) is 12.0. The highest BCUT2D eigenvalue weighted by molar-refractivity contribution is 7.86. The Bertz CT molecular complexity index is 946. The Morgan fingerprint density at radius 3 is 2.96 bits per heavy atom. The summed E-state index contributed by atoms with van der Waals surface area (Å²) in [6.07, 6.45) is 0.994. The van der Waals surface area contributed by atoms with Gasteiger partial charge in [0.25, 0.3) is 0 Å². The van der Waals surface area contributed by atoms with E-state index in [9.17, 15) is 8.42 Å². The second-order valence-electron chi connectivity index (χ2n) is 7.05. The van der Waals surface area contributed by atoms with Crippen molar-refractivity contribution in [3.05, 3.63) is 58.6 Å². The van der Waals surface area contributed by atoms with Crippen molar-refractivity contribution in [1.82, 2.24) is 5.32 Å². The van der Waals surface area contributed by atoms with Crippen molar-refractivity contribution in [1.29, 1.82) is 0 Å². The second kappa shape index (κ2) is 6.44. The molecule has 1 N–H and O–H groups in total. The fourth-order valence-corrected chi connectivity index (χ4v) is 4.97. The van der Waals surface area contributed by atoms with Gasteiger partial charge in [-0.2, -0.15) is 8.42 Å². The van der Waals surface area contributed by atoms with Crippen LogP contribution in [0.25, 0.3) is 0 Å². The van der Waals surface area contributed by atoms with Gasteiger partial charge in [-0.05, 0) is 48.9 Å². The molecule has 2 atom stereocenters. The minimum atomic E-state index is -3.78. The lowest BCUT2D eigenvalue weighted by Gasteiger charge is -2.35. The van der Waals surface area contributed by atoms with E-state index in [4.69, 9.17) is 20.5 Å². The summed E-state index contributed by atoms with van der Waals surface area (Å²) in [7, 11) is -3.78. The lowest BCUT2D eigenvalue weighted by atomic mass is 9.74. The van der Waals surface area contributed by atoms with Crippen LogP contribution in [0.4, 0.5) is 0 Å². The summed E-state index contributed by atoms with van der Waals surface area (Å²) < 4.78 is 36.3. The maximum atomic E-state index is 12.4. The van der Waals surface area contributed by atoms with Gasteiger partial charge in [0.2, 0.25) is 0 Å². The van der Waals surface area contributed by atoms with Crippen molar-refractivity contribution in [3.8, 4) is 11.5 Å². The molecule has 5 nitrogen and oxygen atoms in total. The topological polar surface area (TPSA) is 64.6 Å². The summed E-state index contributed by atoms with van der Waals surface area (Å²) in [4.78, 5) is 0. The van der Waals surface area contributed by atoms with Crippen molar-refractivity contribution in [2.75, 3.05) is 13.1 Å². The first kappa shape index (κ1) is 17.6. The molecule has 0 aromatic heterocycles. The molecule has 2 heterocycles. The van der Waals surface area contributed by atoms with E-state index in [-0.39, 0.29) is 17.3 Å². The first-order valence-corrected chi connectivity index (χ1v) is 10.5. The maximum absolute atomic E-state index is 12.4. The summed E-state index contributed by atoms with van der Waals surface area (Å²) in [5, 5.41) is 3.84. The van der Waals surface area contributed by atoms with Gasteiger partial charge < -0.3 is 14.2 Å². The molecule has 2 aliphatic heterocycles. The molecule has 1 fully saturated rings. The highest BCUT2D eigenvalue weighted by atomic mass is 35.5. The zero-order chi connectivity index (χ0) is 18.4. The Morgan fingerprint density at radius 2 is 2.15 bits per heavy atom. The summed E-state index contributed by atoms with van der Waals surface area (Å²) in [5.41, 5.74) is 1.48. The summed E-state index contributed by atoms with van der Waals surface area (Å²) in [5.74, 6) is 0.890. The fourth-order valence-electron chi connectivity index (χ4n) is 3.72. The molecule has 0 aliphatic carbocycles. The van der Waals surface area contributed by atoms with Crippen LogP contribution >= 0.6 is 11.6 Å². The number of ether oxygens (including phenoxy) is 1. The molecule has 26 heavy (non-hydrogen) atoms. The third kappa shape index (κ3) is 3.29. The van der Waals surface area contributed by atoms with Crippen LogP contribution < -0.4 is 14.2 Å². The van der Waals surface area contributed by atoms with E-state index in [1.54, 1.807) is 42.5 Å². The number of hydrogen-bond acceptors (Lipinski definition) is 5. The van der Waals surface area contributed by atoms with Gasteiger partial charge in [-0.25, -0.2) is 0 Å². The Balaban J connectivity index is 1.57. The van der Waals surface area contributed by atoms with Gasteiger partial charge in [0.05, 0.1) is 0 Å². The number of halogens is 1. The first-order valence-electron chi connectivity index (χ1n) is 8.54. The molecular weight excluding hydrogens is 374 g/mol. The van der Waals surface area contributed by atoms with E-state index in [0.717, 1.165) is 30.8 Å². The van der Waals surface area contributed by atoms with Gasteiger partial charge in [0.1, 0.15) is 23.4 Å². The molecule has 0 saturated carbocycles. The molecule has 0 spiro atoms. The number of fused-ring (bicyclic) bond motifs is 3. The summed E-state index contributed by atoms with van der Waals surface area (Å²) >= 11 is 5.92. The number of piperidine rings is 1. The van der Waals surface area contributed by atoms with Crippen LogP contribution in [-0.4, -0.2) is 27.6 Å². The zero-order valence-corrected chi connectivity index (χ0v) is 15.9. The standard InChI is InChI=1S/C19H20ClNO4S/c1-19-7-8-21-11-18(19)24-17-6-5-15(10-16(17)19)25-26(22,23)12-13-3-2-4-14(20)9-13/h2-6,9-10,18,21H,7-8,11-12H2,1H3. The van der Waals surface area contributed by atoms with Crippen molar-refractivity contribution in [2.24, 2.45) is 0 Å². The van der Waals surface area contributed by atoms with Crippen molar-refractivity contribution >= 4 is 21.7 Å². The molecule has 7 heteroatoms. The smallest absolute Gasteiger partial charge is 0.313 e. The van der Waals surface area contributed by atoms with E-state index in [1.165, 1.54) is 0 Å². The lowest BCUT2D eigenvalue weighted by Crippen LogP contribution is -2.49. The molecule has 2 aliphatic rings. The second-order valence-corrected chi connectivity index (χ2v) is 9.06. The fraction of sp³-hybridized carbons (Fsp3) is 0.368. The van der Waals surface area contributed by atoms with Crippen LogP contribution in [0, 0.1) is 0 Å². The van der Waals surface area contributed by atoms with Gasteiger partial charge in [-0.3, -0.25) is 0 Å². The van der Waals surface area contributed by atoms with Crippen molar-refractivity contribution in [3.63, 3.8) is 0 Å². The zero-order valence-electron chi connectivity index (χ0n) is 14.4. The van der Waals surface area contributed by atoms with E-state index >= 15 is 0 Å². The lowest BCUT2D eigenvalue weighted by molar-refractivity contribution is 0.124. The number of nitrogens with one attached hydrogen (secondary N) is 1. The van der Waals surface area contributed by atoms with E-state index in [0.29, 0.717) is 16.3 Å². The predicted molar refractivity (Wildman–Crippen MR) is 100 cm³/mol. The van der Waals surface area contributed by atoms with Gasteiger partial charge in [-0.15, -0.1) is 0 Å². The van der Waals surface area contributed by atoms with Crippen LogP contribution in [0.1, 0.15) is 24.5 Å². The van der Waals surface area contributed by atoms with Crippen molar-refractivity contribution < 1.29 is 17.3 Å². The number of benzene rings is 2. The Labute approximate surface area is 158 Å². The van der Waals surface area contributed by atoms with E-state index < -0.39 is 10.1 Å². The molecule has 4 rings (SSSR count). The van der Waals surface area contributed by atoms with Crippen LogP contribution in [0.2, 0.25) is 5.02 Å². The molecule has 0 amide bonds. The van der Waals surface area contributed by atoms with E-state index in [1.807, 2.05) is 0 Å². The first-order chi connectivity index (χ1) is 12.4. The largest absolute Gasteiger partial charge is 0.488 e. The van der Waals surface area contributed by atoms with Gasteiger partial charge >= 0.3 is 10.1 Å². The van der Waals surface area contributed by atoms with Crippen molar-refractivity contribution in [2.45, 2.75) is 30.6 Å². The molecule has 2 aromatic rings. The van der Waals surface area contributed by atoms with Crippen LogP contribution in [0.5, 0.6) is 11.5 Å². The molecule has 138 valence electrons.